The number of ether oxygens (including phenoxy) is 2. The third-order valence-corrected chi connectivity index (χ3v) is 6.05. The predicted octanol–water partition coefficient (Wildman–Crippen LogP) is 1.15. The van der Waals surface area contributed by atoms with E-state index in [1.165, 1.54) is 13.2 Å². The van der Waals surface area contributed by atoms with E-state index in [1.807, 2.05) is 27.7 Å². The third-order valence-electron chi connectivity index (χ3n) is 6.05. The Morgan fingerprint density at radius 1 is 1.11 bits per heavy atom. The minimum Gasteiger partial charge on any atom is -0.382 e. The van der Waals surface area contributed by atoms with Crippen LogP contribution in [0.3, 0.4) is 0 Å². The molecule has 0 aliphatic carbocycles. The summed E-state index contributed by atoms with van der Waals surface area (Å²) in [6, 6.07) is -1.28. The highest BCUT2D eigenvalue weighted by Crippen LogP contribution is 2.29. The van der Waals surface area contributed by atoms with Crippen LogP contribution in [0.2, 0.25) is 0 Å². The summed E-state index contributed by atoms with van der Waals surface area (Å²) in [5.74, 6) is -1.48. The molecule has 1 aliphatic rings. The minimum atomic E-state index is -1.07. The molecule has 2 heterocycles. The van der Waals surface area contributed by atoms with Crippen molar-refractivity contribution in [2.75, 3.05) is 20.3 Å². The fourth-order valence-corrected chi connectivity index (χ4v) is 3.59. The van der Waals surface area contributed by atoms with Crippen molar-refractivity contribution in [1.82, 2.24) is 21.1 Å². The van der Waals surface area contributed by atoms with E-state index in [4.69, 9.17) is 14.0 Å². The molecule has 1 aliphatic heterocycles. The molecule has 11 nitrogen and oxygen atoms in total. The van der Waals surface area contributed by atoms with Crippen molar-refractivity contribution in [3.05, 3.63) is 17.5 Å². The van der Waals surface area contributed by atoms with Crippen molar-refractivity contribution in [2.24, 2.45) is 11.8 Å². The topological polar surface area (TPSA) is 152 Å². The monoisotopic (exact) mass is 494 g/mol. The van der Waals surface area contributed by atoms with Gasteiger partial charge in [-0.15, -0.1) is 0 Å². The predicted molar refractivity (Wildman–Crippen MR) is 127 cm³/mol. The van der Waals surface area contributed by atoms with Crippen LogP contribution in [-0.2, 0) is 23.9 Å². The van der Waals surface area contributed by atoms with Crippen molar-refractivity contribution >= 4 is 23.5 Å². The van der Waals surface area contributed by atoms with E-state index in [9.17, 15) is 19.2 Å². The van der Waals surface area contributed by atoms with Gasteiger partial charge in [-0.3, -0.25) is 19.2 Å². The molecular formula is C24H38N4O7. The zero-order valence-electron chi connectivity index (χ0n) is 21.6. The summed E-state index contributed by atoms with van der Waals surface area (Å²) in [6.07, 6.45) is 1.05. The number of hydrogen-bond acceptors (Lipinski definition) is 8. The Bertz CT molecular complexity index is 909. The third kappa shape index (κ3) is 7.86. The van der Waals surface area contributed by atoms with Crippen LogP contribution in [0.4, 0.5) is 0 Å². The number of epoxide rings is 1. The average Bonchev–Trinajstić information content (AvgIpc) is 3.40. The van der Waals surface area contributed by atoms with Gasteiger partial charge in [0.15, 0.2) is 11.5 Å². The van der Waals surface area contributed by atoms with Crippen molar-refractivity contribution in [2.45, 2.75) is 78.1 Å². The van der Waals surface area contributed by atoms with Crippen LogP contribution in [0.1, 0.15) is 63.7 Å². The fourth-order valence-electron chi connectivity index (χ4n) is 3.59. The van der Waals surface area contributed by atoms with E-state index >= 15 is 0 Å². The molecular weight excluding hydrogens is 456 g/mol. The first-order valence-corrected chi connectivity index (χ1v) is 11.9. The molecule has 0 aromatic carbocycles. The molecule has 5 atom stereocenters. The normalized spacial score (nSPS) is 20.5. The van der Waals surface area contributed by atoms with Crippen LogP contribution < -0.4 is 16.0 Å². The quantitative estimate of drug-likeness (QED) is 0.326. The van der Waals surface area contributed by atoms with E-state index in [1.54, 1.807) is 13.8 Å². The Balaban J connectivity index is 2.14. The number of carbonyl (C=O) groups is 4. The number of aromatic nitrogens is 1. The number of nitrogens with zero attached hydrogens (tertiary/aromatic N) is 1. The molecule has 1 saturated heterocycles. The summed E-state index contributed by atoms with van der Waals surface area (Å²) in [6.45, 7) is 11.2. The lowest BCUT2D eigenvalue weighted by Crippen LogP contribution is -2.59. The van der Waals surface area contributed by atoms with Crippen molar-refractivity contribution in [1.29, 1.82) is 0 Å². The lowest BCUT2D eigenvalue weighted by atomic mass is 9.92. The molecule has 35 heavy (non-hydrogen) atoms. The molecule has 3 amide bonds. The Morgan fingerprint density at radius 2 is 1.77 bits per heavy atom. The number of nitrogens with one attached hydrogen (secondary N) is 3. The minimum absolute atomic E-state index is 0.0263. The maximum atomic E-state index is 13.3. The van der Waals surface area contributed by atoms with Crippen LogP contribution in [0, 0.1) is 18.8 Å². The van der Waals surface area contributed by atoms with Crippen LogP contribution in [-0.4, -0.2) is 72.7 Å². The van der Waals surface area contributed by atoms with Gasteiger partial charge >= 0.3 is 0 Å². The van der Waals surface area contributed by atoms with E-state index < -0.39 is 41.4 Å². The van der Waals surface area contributed by atoms with Gasteiger partial charge in [-0.2, -0.15) is 0 Å². The van der Waals surface area contributed by atoms with Gasteiger partial charge in [0.2, 0.25) is 11.8 Å². The zero-order valence-corrected chi connectivity index (χ0v) is 21.6. The van der Waals surface area contributed by atoms with Crippen molar-refractivity contribution < 1.29 is 33.2 Å². The van der Waals surface area contributed by atoms with Gasteiger partial charge in [0, 0.05) is 13.2 Å². The Morgan fingerprint density at radius 3 is 2.26 bits per heavy atom. The first kappa shape index (κ1) is 28.4. The first-order chi connectivity index (χ1) is 16.4. The Hall–Kier alpha value is -2.79. The second-order valence-corrected chi connectivity index (χ2v) is 9.75. The molecule has 1 aromatic heterocycles. The smallest absolute Gasteiger partial charge is 0.274 e. The van der Waals surface area contributed by atoms with Gasteiger partial charge in [0.25, 0.3) is 5.91 Å². The molecule has 0 radical (unpaired) electrons. The first-order valence-electron chi connectivity index (χ1n) is 11.9. The number of rotatable bonds is 14. The molecule has 0 bridgehead atoms. The highest BCUT2D eigenvalue weighted by Gasteiger charge is 2.50. The number of carbonyl (C=O) groups excluding carboxylic acids is 4. The zero-order chi connectivity index (χ0) is 26.3. The van der Waals surface area contributed by atoms with Crippen LogP contribution in [0.5, 0.6) is 0 Å². The van der Waals surface area contributed by atoms with Gasteiger partial charge < -0.3 is 29.9 Å². The Labute approximate surface area is 206 Å². The molecule has 2 rings (SSSR count). The van der Waals surface area contributed by atoms with Crippen LogP contribution >= 0.6 is 0 Å². The van der Waals surface area contributed by atoms with Gasteiger partial charge in [-0.1, -0.05) is 39.3 Å². The second-order valence-electron chi connectivity index (χ2n) is 9.75. The summed E-state index contributed by atoms with van der Waals surface area (Å²) in [4.78, 5) is 51.8. The summed E-state index contributed by atoms with van der Waals surface area (Å²) < 4.78 is 15.3. The van der Waals surface area contributed by atoms with Crippen molar-refractivity contribution in [3.63, 3.8) is 0 Å². The molecule has 3 N–H and O–H groups in total. The molecule has 1 fully saturated rings. The summed E-state index contributed by atoms with van der Waals surface area (Å²) in [5, 5.41) is 11.8. The lowest BCUT2D eigenvalue weighted by Gasteiger charge is -2.29. The van der Waals surface area contributed by atoms with Gasteiger partial charge in [0.05, 0.1) is 19.3 Å². The van der Waals surface area contributed by atoms with E-state index in [0.717, 1.165) is 0 Å². The van der Waals surface area contributed by atoms with E-state index in [2.05, 4.69) is 21.1 Å². The number of amides is 3. The number of ketones is 1. The SMILES string of the molecule is CC[C@H](C)C(NC(=O)C(COC)NC(=O)c1cc(C)on1)C(=O)NC(CC(C)C)C(=O)[C@@]1(C)CO1. The summed E-state index contributed by atoms with van der Waals surface area (Å²) in [7, 11) is 1.40. The average molecular weight is 495 g/mol. The standard InChI is InChI=1S/C24H38N4O7/c1-8-14(4)19(23(32)25-16(9-13(2)3)20(29)24(6)12-34-24)27-22(31)18(11-33-7)26-21(30)17-10-15(5)35-28-17/h10,13-14,16,18-19H,8-9,11-12H2,1-7H3,(H,25,32)(H,26,30)(H,27,31)/t14-,16?,18?,19?,24+/m0/s1. The number of hydrogen-bond donors (Lipinski definition) is 3. The maximum Gasteiger partial charge on any atom is 0.274 e. The number of Topliss-reactive ketones (excluding diaryl/α,β-unsaturated/α-hetero) is 1. The molecule has 1 aromatic rings. The molecule has 3 unspecified atom stereocenters. The van der Waals surface area contributed by atoms with E-state index in [0.29, 0.717) is 25.2 Å². The molecule has 11 heteroatoms. The number of methoxy groups -OCH3 is 1. The molecule has 196 valence electrons. The maximum absolute atomic E-state index is 13.3. The summed E-state index contributed by atoms with van der Waals surface area (Å²) >= 11 is 0. The fraction of sp³-hybridized carbons (Fsp3) is 0.708. The van der Waals surface area contributed by atoms with Crippen LogP contribution in [0.15, 0.2) is 10.6 Å². The second kappa shape index (κ2) is 12.3. The van der Waals surface area contributed by atoms with Crippen molar-refractivity contribution in [3.8, 4) is 0 Å². The van der Waals surface area contributed by atoms with Gasteiger partial charge in [-0.25, -0.2) is 0 Å². The Kier molecular flexibility index (Phi) is 9.96. The van der Waals surface area contributed by atoms with E-state index in [-0.39, 0.29) is 29.9 Å². The summed E-state index contributed by atoms with van der Waals surface area (Å²) in [5.41, 5.74) is -0.853. The van der Waals surface area contributed by atoms with Gasteiger partial charge in [-0.05, 0) is 32.1 Å². The highest BCUT2D eigenvalue weighted by atomic mass is 16.6. The van der Waals surface area contributed by atoms with Gasteiger partial charge in [0.1, 0.15) is 23.4 Å². The molecule has 0 spiro atoms. The lowest BCUT2D eigenvalue weighted by molar-refractivity contribution is -0.134. The largest absolute Gasteiger partial charge is 0.382 e. The highest BCUT2D eigenvalue weighted by molar-refractivity contribution is 5.99. The van der Waals surface area contributed by atoms with Crippen LogP contribution in [0.25, 0.3) is 0 Å². The number of aryl methyl sites for hydroxylation is 1. The molecule has 0 saturated carbocycles.